The first-order valence-corrected chi connectivity index (χ1v) is 4.51. The van der Waals surface area contributed by atoms with Gasteiger partial charge in [-0.1, -0.05) is 17.7 Å². The molecule has 0 radical (unpaired) electrons. The first-order valence-electron chi connectivity index (χ1n) is 4.13. The summed E-state index contributed by atoms with van der Waals surface area (Å²) in [6.07, 6.45) is 0.917. The lowest BCUT2D eigenvalue weighted by atomic mass is 9.98. The first-order chi connectivity index (χ1) is 6.06. The first kappa shape index (κ1) is 10.3. The molecule has 0 amide bonds. The highest BCUT2D eigenvalue weighted by molar-refractivity contribution is 6.30. The van der Waals surface area contributed by atoms with Gasteiger partial charge in [0.1, 0.15) is 0 Å². The monoisotopic (exact) mass is 196 g/mol. The Kier molecular flexibility index (Phi) is 3.12. The van der Waals surface area contributed by atoms with Crippen molar-refractivity contribution in [1.82, 2.24) is 0 Å². The van der Waals surface area contributed by atoms with E-state index >= 15 is 0 Å². The van der Waals surface area contributed by atoms with Crippen molar-refractivity contribution in [3.05, 3.63) is 46.5 Å². The van der Waals surface area contributed by atoms with Gasteiger partial charge in [-0.15, -0.1) is 6.58 Å². The molecule has 1 nitrogen and oxygen atoms in total. The molecule has 1 atom stereocenters. The summed E-state index contributed by atoms with van der Waals surface area (Å²) >= 11 is 5.86. The molecular formula is C11H13ClO. The summed E-state index contributed by atoms with van der Waals surface area (Å²) in [5.74, 6) is 0. The van der Waals surface area contributed by atoms with Crippen LogP contribution in [0.3, 0.4) is 0 Å². The van der Waals surface area contributed by atoms with Gasteiger partial charge in [0, 0.05) is 5.02 Å². The van der Waals surface area contributed by atoms with E-state index in [1.165, 1.54) is 6.08 Å². The summed E-state index contributed by atoms with van der Waals surface area (Å²) in [7, 11) is 0. The zero-order valence-corrected chi connectivity index (χ0v) is 8.60. The van der Waals surface area contributed by atoms with Crippen molar-refractivity contribution >= 4 is 11.6 Å². The average Bonchev–Trinajstić information content (AvgIpc) is 2.02. The van der Waals surface area contributed by atoms with Crippen LogP contribution < -0.4 is 0 Å². The third-order valence-corrected chi connectivity index (χ3v) is 2.30. The third-order valence-electron chi connectivity index (χ3n) is 2.08. The molecule has 1 aromatic carbocycles. The predicted molar refractivity (Wildman–Crippen MR) is 56.1 cm³/mol. The molecule has 0 bridgehead atoms. The standard InChI is InChI=1S/C11H13ClO/c1-4-10(13)11-7(2)5-9(12)6-8(11)3/h4-6,10,13H,1H2,2-3H3. The summed E-state index contributed by atoms with van der Waals surface area (Å²) < 4.78 is 0. The number of hydrogen-bond acceptors (Lipinski definition) is 1. The molecule has 0 saturated carbocycles. The Labute approximate surface area is 83.7 Å². The Morgan fingerprint density at radius 2 is 1.85 bits per heavy atom. The van der Waals surface area contributed by atoms with E-state index in [0.717, 1.165) is 16.7 Å². The number of hydrogen-bond donors (Lipinski definition) is 1. The predicted octanol–water partition coefficient (Wildman–Crippen LogP) is 3.18. The smallest absolute Gasteiger partial charge is 0.0974 e. The van der Waals surface area contributed by atoms with Crippen LogP contribution in [0.15, 0.2) is 24.8 Å². The summed E-state index contributed by atoms with van der Waals surface area (Å²) in [5, 5.41) is 10.3. The van der Waals surface area contributed by atoms with E-state index in [1.54, 1.807) is 0 Å². The number of aliphatic hydroxyl groups is 1. The molecule has 0 aliphatic heterocycles. The van der Waals surface area contributed by atoms with Crippen LogP contribution in [0.25, 0.3) is 0 Å². The van der Waals surface area contributed by atoms with E-state index in [1.807, 2.05) is 26.0 Å². The summed E-state index contributed by atoms with van der Waals surface area (Å²) in [6.45, 7) is 7.42. The molecule has 0 spiro atoms. The van der Waals surface area contributed by atoms with Gasteiger partial charge in [-0.2, -0.15) is 0 Å². The van der Waals surface area contributed by atoms with Gasteiger partial charge < -0.3 is 5.11 Å². The number of rotatable bonds is 2. The maximum Gasteiger partial charge on any atom is 0.0974 e. The molecule has 0 fully saturated rings. The van der Waals surface area contributed by atoms with Crippen molar-refractivity contribution < 1.29 is 5.11 Å². The second kappa shape index (κ2) is 3.95. The van der Waals surface area contributed by atoms with Crippen LogP contribution in [-0.2, 0) is 0 Å². The van der Waals surface area contributed by atoms with Crippen LogP contribution >= 0.6 is 11.6 Å². The molecule has 0 aromatic heterocycles. The lowest BCUT2D eigenvalue weighted by Crippen LogP contribution is -1.99. The maximum absolute atomic E-state index is 9.62. The van der Waals surface area contributed by atoms with Gasteiger partial charge in [0.15, 0.2) is 0 Å². The van der Waals surface area contributed by atoms with Crippen molar-refractivity contribution in [2.75, 3.05) is 0 Å². The highest BCUT2D eigenvalue weighted by Gasteiger charge is 2.10. The molecule has 0 aliphatic carbocycles. The lowest BCUT2D eigenvalue weighted by Gasteiger charge is -2.13. The zero-order valence-electron chi connectivity index (χ0n) is 7.84. The zero-order chi connectivity index (χ0) is 10.0. The molecule has 1 unspecified atom stereocenters. The molecule has 1 N–H and O–H groups in total. The Morgan fingerprint density at radius 1 is 1.38 bits per heavy atom. The van der Waals surface area contributed by atoms with Gasteiger partial charge in [-0.3, -0.25) is 0 Å². The fraction of sp³-hybridized carbons (Fsp3) is 0.273. The van der Waals surface area contributed by atoms with Crippen molar-refractivity contribution in [3.63, 3.8) is 0 Å². The topological polar surface area (TPSA) is 20.2 Å². The number of halogens is 1. The Morgan fingerprint density at radius 3 is 2.23 bits per heavy atom. The van der Waals surface area contributed by atoms with Gasteiger partial charge >= 0.3 is 0 Å². The van der Waals surface area contributed by atoms with Crippen molar-refractivity contribution in [2.24, 2.45) is 0 Å². The lowest BCUT2D eigenvalue weighted by molar-refractivity contribution is 0.227. The largest absolute Gasteiger partial charge is 0.384 e. The summed E-state index contributed by atoms with van der Waals surface area (Å²) in [5.41, 5.74) is 2.90. The van der Waals surface area contributed by atoms with Gasteiger partial charge in [0.25, 0.3) is 0 Å². The fourth-order valence-electron chi connectivity index (χ4n) is 1.51. The second-order valence-corrected chi connectivity index (χ2v) is 3.57. The van der Waals surface area contributed by atoms with Crippen LogP contribution in [0.4, 0.5) is 0 Å². The van der Waals surface area contributed by atoms with E-state index < -0.39 is 6.10 Å². The molecule has 1 aromatic rings. The molecule has 1 rings (SSSR count). The third kappa shape index (κ3) is 2.11. The van der Waals surface area contributed by atoms with Crippen LogP contribution in [0.5, 0.6) is 0 Å². The minimum Gasteiger partial charge on any atom is -0.384 e. The quantitative estimate of drug-likeness (QED) is 0.721. The fourth-order valence-corrected chi connectivity index (χ4v) is 1.83. The molecule has 0 aliphatic rings. The Bertz CT molecular complexity index is 308. The van der Waals surface area contributed by atoms with Crippen molar-refractivity contribution in [1.29, 1.82) is 0 Å². The van der Waals surface area contributed by atoms with Crippen LogP contribution in [-0.4, -0.2) is 5.11 Å². The van der Waals surface area contributed by atoms with E-state index in [9.17, 15) is 5.11 Å². The normalized spacial score (nSPS) is 12.6. The molecule has 0 saturated heterocycles. The van der Waals surface area contributed by atoms with Gasteiger partial charge in [-0.25, -0.2) is 0 Å². The molecule has 2 heteroatoms. The van der Waals surface area contributed by atoms with E-state index in [4.69, 9.17) is 11.6 Å². The van der Waals surface area contributed by atoms with Gasteiger partial charge in [0.2, 0.25) is 0 Å². The molecule has 13 heavy (non-hydrogen) atoms. The van der Waals surface area contributed by atoms with E-state index in [-0.39, 0.29) is 0 Å². The molecule has 70 valence electrons. The Hall–Kier alpha value is -0.790. The van der Waals surface area contributed by atoms with Crippen LogP contribution in [0.1, 0.15) is 22.8 Å². The molecular weight excluding hydrogens is 184 g/mol. The van der Waals surface area contributed by atoms with Gasteiger partial charge in [0.05, 0.1) is 6.10 Å². The second-order valence-electron chi connectivity index (χ2n) is 3.13. The van der Waals surface area contributed by atoms with Crippen LogP contribution in [0, 0.1) is 13.8 Å². The minimum atomic E-state index is -0.600. The summed E-state index contributed by atoms with van der Waals surface area (Å²) in [4.78, 5) is 0. The SMILES string of the molecule is C=CC(O)c1c(C)cc(Cl)cc1C. The Balaban J connectivity index is 3.28. The highest BCUT2D eigenvalue weighted by Crippen LogP contribution is 2.25. The van der Waals surface area contributed by atoms with Crippen LogP contribution in [0.2, 0.25) is 5.02 Å². The number of aryl methyl sites for hydroxylation is 2. The maximum atomic E-state index is 9.62. The molecule has 0 heterocycles. The van der Waals surface area contributed by atoms with Crippen molar-refractivity contribution in [3.8, 4) is 0 Å². The van der Waals surface area contributed by atoms with Gasteiger partial charge in [-0.05, 0) is 42.7 Å². The van der Waals surface area contributed by atoms with Crippen molar-refractivity contribution in [2.45, 2.75) is 20.0 Å². The highest BCUT2D eigenvalue weighted by atomic mass is 35.5. The number of aliphatic hydroxyl groups excluding tert-OH is 1. The number of benzene rings is 1. The van der Waals surface area contributed by atoms with E-state index in [0.29, 0.717) is 5.02 Å². The van der Waals surface area contributed by atoms with E-state index in [2.05, 4.69) is 6.58 Å². The summed E-state index contributed by atoms with van der Waals surface area (Å²) in [6, 6.07) is 3.69. The average molecular weight is 197 g/mol. The minimum absolute atomic E-state index is 0.600.